The minimum Gasteiger partial charge on any atom is -0.306 e. The Hall–Kier alpha value is -0.120. The van der Waals surface area contributed by atoms with E-state index in [0.717, 1.165) is 0 Å². The number of rotatable bonds is 2. The van der Waals surface area contributed by atoms with Crippen LogP contribution in [0.2, 0.25) is 0 Å². The van der Waals surface area contributed by atoms with Gasteiger partial charge in [-0.2, -0.15) is 0 Å². The van der Waals surface area contributed by atoms with Crippen LogP contribution in [0.25, 0.3) is 0 Å². The Kier molecular flexibility index (Phi) is 4.67. The Morgan fingerprint density at radius 1 is 1.33 bits per heavy atom. The van der Waals surface area contributed by atoms with E-state index in [9.17, 15) is 0 Å². The van der Waals surface area contributed by atoms with Gasteiger partial charge in [0.1, 0.15) is 0 Å². The van der Waals surface area contributed by atoms with Gasteiger partial charge in [0, 0.05) is 5.71 Å². The number of allylic oxidation sites excluding steroid dienone is 3. The molecule has 9 heavy (non-hydrogen) atoms. The lowest BCUT2D eigenvalue weighted by Crippen LogP contribution is -1.77. The van der Waals surface area contributed by atoms with E-state index in [-0.39, 0.29) is 0 Å². The minimum absolute atomic E-state index is 0.590. The molecule has 2 heteroatoms. The maximum atomic E-state index is 7.05. The number of nitrogens with one attached hydrogen (secondary N) is 1. The lowest BCUT2D eigenvalue weighted by molar-refractivity contribution is 1.48. The van der Waals surface area contributed by atoms with Crippen molar-refractivity contribution in [3.8, 4) is 0 Å². The fraction of sp³-hybridized carbons (Fsp3) is 0.286. The van der Waals surface area contributed by atoms with Gasteiger partial charge in [-0.15, -0.1) is 0 Å². The van der Waals surface area contributed by atoms with E-state index in [0.29, 0.717) is 5.71 Å². The highest BCUT2D eigenvalue weighted by Crippen LogP contribution is 1.98. The molecule has 0 spiro atoms. The standard InChI is InChI=1S/C7H10IN/c1-6(5-8)3-4-7(2)9/h3-5,9H,1-2H3/b4-3-,6-5-,9-7?. The van der Waals surface area contributed by atoms with Crippen molar-refractivity contribution in [3.63, 3.8) is 0 Å². The van der Waals surface area contributed by atoms with Gasteiger partial charge in [-0.3, -0.25) is 0 Å². The van der Waals surface area contributed by atoms with Crippen molar-refractivity contribution >= 4 is 28.3 Å². The third-order valence-electron chi connectivity index (χ3n) is 0.768. The molecular formula is C7H10IN. The van der Waals surface area contributed by atoms with Crippen LogP contribution < -0.4 is 0 Å². The zero-order valence-corrected chi connectivity index (χ0v) is 7.77. The van der Waals surface area contributed by atoms with Crippen LogP contribution >= 0.6 is 22.6 Å². The van der Waals surface area contributed by atoms with Gasteiger partial charge in [-0.05, 0) is 29.6 Å². The van der Waals surface area contributed by atoms with Crippen LogP contribution in [-0.2, 0) is 0 Å². The summed E-state index contributed by atoms with van der Waals surface area (Å²) in [7, 11) is 0. The fourth-order valence-electron chi connectivity index (χ4n) is 0.293. The Labute approximate surface area is 69.5 Å². The summed E-state index contributed by atoms with van der Waals surface area (Å²) in [6.07, 6.45) is 3.71. The van der Waals surface area contributed by atoms with Gasteiger partial charge in [0.2, 0.25) is 0 Å². The van der Waals surface area contributed by atoms with Crippen molar-refractivity contribution in [1.29, 1.82) is 5.41 Å². The highest BCUT2D eigenvalue weighted by atomic mass is 127. The van der Waals surface area contributed by atoms with Gasteiger partial charge in [0.05, 0.1) is 0 Å². The molecule has 0 saturated heterocycles. The molecule has 0 rings (SSSR count). The van der Waals surface area contributed by atoms with Crippen LogP contribution in [0.1, 0.15) is 13.8 Å². The molecule has 1 nitrogen and oxygen atoms in total. The van der Waals surface area contributed by atoms with E-state index in [1.165, 1.54) is 5.57 Å². The maximum Gasteiger partial charge on any atom is 0.0283 e. The second kappa shape index (κ2) is 4.73. The lowest BCUT2D eigenvalue weighted by Gasteiger charge is -1.85. The van der Waals surface area contributed by atoms with E-state index in [1.54, 1.807) is 13.0 Å². The van der Waals surface area contributed by atoms with Crippen LogP contribution in [0.15, 0.2) is 21.8 Å². The van der Waals surface area contributed by atoms with E-state index in [1.807, 2.05) is 17.1 Å². The van der Waals surface area contributed by atoms with Gasteiger partial charge in [-0.25, -0.2) is 0 Å². The van der Waals surface area contributed by atoms with Crippen LogP contribution in [0.4, 0.5) is 0 Å². The Morgan fingerprint density at radius 2 is 1.89 bits per heavy atom. The van der Waals surface area contributed by atoms with Crippen LogP contribution in [0.3, 0.4) is 0 Å². The topological polar surface area (TPSA) is 23.9 Å². The first kappa shape index (κ1) is 8.88. The molecule has 0 fully saturated rings. The van der Waals surface area contributed by atoms with Crippen molar-refractivity contribution in [1.82, 2.24) is 0 Å². The Morgan fingerprint density at radius 3 is 2.22 bits per heavy atom. The SMILES string of the molecule is CC(=N)/C=C\C(C)=C/I. The molecule has 0 bridgehead atoms. The molecular weight excluding hydrogens is 225 g/mol. The average molecular weight is 235 g/mol. The fourth-order valence-corrected chi connectivity index (χ4v) is 0.500. The van der Waals surface area contributed by atoms with Crippen LogP contribution in [-0.4, -0.2) is 5.71 Å². The molecule has 0 aliphatic rings. The number of hydrogen-bond acceptors (Lipinski definition) is 1. The largest absolute Gasteiger partial charge is 0.306 e. The average Bonchev–Trinajstić information content (AvgIpc) is 1.83. The van der Waals surface area contributed by atoms with E-state index in [4.69, 9.17) is 5.41 Å². The maximum absolute atomic E-state index is 7.05. The molecule has 0 radical (unpaired) electrons. The molecule has 0 heterocycles. The molecule has 0 aromatic carbocycles. The highest BCUT2D eigenvalue weighted by Gasteiger charge is 1.78. The molecule has 50 valence electrons. The summed E-state index contributed by atoms with van der Waals surface area (Å²) in [6, 6.07) is 0. The van der Waals surface area contributed by atoms with E-state index in [2.05, 4.69) is 22.6 Å². The summed E-state index contributed by atoms with van der Waals surface area (Å²) >= 11 is 2.18. The van der Waals surface area contributed by atoms with Crippen molar-refractivity contribution in [2.45, 2.75) is 13.8 Å². The summed E-state index contributed by atoms with van der Waals surface area (Å²) in [5.74, 6) is 0. The van der Waals surface area contributed by atoms with Crippen molar-refractivity contribution in [2.75, 3.05) is 0 Å². The Bertz CT molecular complexity index is 156. The Balaban J connectivity index is 3.86. The summed E-state index contributed by atoms with van der Waals surface area (Å²) in [5.41, 5.74) is 1.77. The predicted octanol–water partition coefficient (Wildman–Crippen LogP) is 2.92. The van der Waals surface area contributed by atoms with Gasteiger partial charge < -0.3 is 5.41 Å². The first-order valence-electron chi connectivity index (χ1n) is 2.67. The molecule has 0 amide bonds. The summed E-state index contributed by atoms with van der Waals surface area (Å²) in [5, 5.41) is 7.05. The van der Waals surface area contributed by atoms with E-state index >= 15 is 0 Å². The zero-order valence-electron chi connectivity index (χ0n) is 5.61. The minimum atomic E-state index is 0.590. The van der Waals surface area contributed by atoms with Crippen molar-refractivity contribution < 1.29 is 0 Å². The lowest BCUT2D eigenvalue weighted by atomic mass is 10.3. The van der Waals surface area contributed by atoms with Crippen LogP contribution in [0, 0.1) is 5.41 Å². The predicted molar refractivity (Wildman–Crippen MR) is 50.3 cm³/mol. The second-order valence-electron chi connectivity index (χ2n) is 1.87. The molecule has 0 aromatic rings. The smallest absolute Gasteiger partial charge is 0.0283 e. The monoisotopic (exact) mass is 235 g/mol. The molecule has 0 unspecified atom stereocenters. The van der Waals surface area contributed by atoms with Gasteiger partial charge in [0.25, 0.3) is 0 Å². The van der Waals surface area contributed by atoms with Crippen molar-refractivity contribution in [2.24, 2.45) is 0 Å². The molecule has 0 aliphatic carbocycles. The molecule has 0 atom stereocenters. The van der Waals surface area contributed by atoms with Gasteiger partial charge >= 0.3 is 0 Å². The van der Waals surface area contributed by atoms with Crippen molar-refractivity contribution in [3.05, 3.63) is 21.8 Å². The molecule has 0 aliphatic heterocycles. The zero-order chi connectivity index (χ0) is 7.28. The molecule has 0 saturated carbocycles. The summed E-state index contributed by atoms with van der Waals surface area (Å²) in [6.45, 7) is 3.77. The molecule has 1 N–H and O–H groups in total. The highest BCUT2D eigenvalue weighted by molar-refractivity contribution is 14.1. The normalized spacial score (nSPS) is 12.6. The number of halogens is 1. The van der Waals surface area contributed by atoms with Crippen LogP contribution in [0.5, 0.6) is 0 Å². The quantitative estimate of drug-likeness (QED) is 0.432. The number of hydrogen-bond donors (Lipinski definition) is 1. The van der Waals surface area contributed by atoms with Gasteiger partial charge in [0.15, 0.2) is 0 Å². The molecule has 0 aromatic heterocycles. The first-order valence-corrected chi connectivity index (χ1v) is 3.91. The second-order valence-corrected chi connectivity index (χ2v) is 2.49. The summed E-state index contributed by atoms with van der Waals surface area (Å²) in [4.78, 5) is 0. The third kappa shape index (κ3) is 5.76. The first-order chi connectivity index (χ1) is 4.16. The summed E-state index contributed by atoms with van der Waals surface area (Å²) < 4.78 is 1.98. The van der Waals surface area contributed by atoms with E-state index < -0.39 is 0 Å². The third-order valence-corrected chi connectivity index (χ3v) is 1.75. The van der Waals surface area contributed by atoms with Gasteiger partial charge in [-0.1, -0.05) is 28.7 Å².